The zero-order valence-electron chi connectivity index (χ0n) is 11.8. The molecule has 0 spiro atoms. The van der Waals surface area contributed by atoms with Crippen LogP contribution < -0.4 is 0 Å². The minimum atomic E-state index is -0.220. The van der Waals surface area contributed by atoms with Gasteiger partial charge in [-0.25, -0.2) is 0 Å². The van der Waals surface area contributed by atoms with E-state index in [1.54, 1.807) is 30.6 Å². The molecule has 1 aliphatic heterocycles. The van der Waals surface area contributed by atoms with E-state index < -0.39 is 0 Å². The number of pyridine rings is 1. The Morgan fingerprint density at radius 2 is 1.77 bits per heavy atom. The van der Waals surface area contributed by atoms with Crippen LogP contribution in [0.15, 0.2) is 59.8 Å². The van der Waals surface area contributed by atoms with Crippen molar-refractivity contribution in [2.24, 2.45) is 0 Å². The Bertz CT molecular complexity index is 714. The van der Waals surface area contributed by atoms with Gasteiger partial charge in [0.25, 0.3) is 11.1 Å². The van der Waals surface area contributed by atoms with Crippen LogP contribution in [0.1, 0.15) is 11.1 Å². The van der Waals surface area contributed by atoms with Crippen LogP contribution in [0.2, 0.25) is 0 Å². The second kappa shape index (κ2) is 6.58. The lowest BCUT2D eigenvalue weighted by Gasteiger charge is -2.12. The molecule has 1 fully saturated rings. The van der Waals surface area contributed by atoms with Gasteiger partial charge in [-0.05, 0) is 47.5 Å². The molecule has 110 valence electrons. The van der Waals surface area contributed by atoms with Crippen molar-refractivity contribution in [2.75, 3.05) is 6.54 Å². The van der Waals surface area contributed by atoms with Crippen LogP contribution in [0.25, 0.3) is 6.08 Å². The molecule has 1 aliphatic rings. The molecule has 2 heterocycles. The fourth-order valence-corrected chi connectivity index (χ4v) is 3.05. The predicted molar refractivity (Wildman–Crippen MR) is 87.1 cm³/mol. The van der Waals surface area contributed by atoms with Crippen LogP contribution >= 0.6 is 11.8 Å². The highest BCUT2D eigenvalue weighted by Gasteiger charge is 2.34. The first kappa shape index (κ1) is 14.5. The summed E-state index contributed by atoms with van der Waals surface area (Å²) in [6.45, 7) is 0.405. The third-order valence-electron chi connectivity index (χ3n) is 3.34. The summed E-state index contributed by atoms with van der Waals surface area (Å²) >= 11 is 0.990. The molecule has 0 atom stereocenters. The van der Waals surface area contributed by atoms with Crippen LogP contribution in [0.4, 0.5) is 4.79 Å². The lowest BCUT2D eigenvalue weighted by atomic mass is 10.1. The monoisotopic (exact) mass is 310 g/mol. The molecular formula is C17H14N2O2S. The first-order chi connectivity index (χ1) is 10.7. The molecule has 0 saturated carbocycles. The van der Waals surface area contributed by atoms with E-state index in [4.69, 9.17) is 0 Å². The number of hydrogen-bond acceptors (Lipinski definition) is 4. The summed E-state index contributed by atoms with van der Waals surface area (Å²) in [5.74, 6) is -0.220. The van der Waals surface area contributed by atoms with E-state index in [0.29, 0.717) is 17.9 Å². The largest absolute Gasteiger partial charge is 0.293 e. The molecule has 4 nitrogen and oxygen atoms in total. The van der Waals surface area contributed by atoms with Crippen molar-refractivity contribution in [3.8, 4) is 0 Å². The average molecular weight is 310 g/mol. The van der Waals surface area contributed by atoms with Gasteiger partial charge in [0.05, 0.1) is 4.91 Å². The number of amides is 2. The molecule has 1 saturated heterocycles. The Balaban J connectivity index is 1.71. The van der Waals surface area contributed by atoms with Crippen molar-refractivity contribution in [1.82, 2.24) is 9.88 Å². The molecule has 3 rings (SSSR count). The molecule has 0 radical (unpaired) electrons. The van der Waals surface area contributed by atoms with Gasteiger partial charge in [-0.15, -0.1) is 0 Å². The van der Waals surface area contributed by atoms with Crippen molar-refractivity contribution in [1.29, 1.82) is 0 Å². The standard InChI is InChI=1S/C17H14N2O2S/c20-16-15(12-14-6-9-18-10-7-14)22-17(21)19(16)11-8-13-4-2-1-3-5-13/h1-7,9-10,12H,8,11H2. The fraction of sp³-hybridized carbons (Fsp3) is 0.118. The normalized spacial score (nSPS) is 16.5. The van der Waals surface area contributed by atoms with Crippen LogP contribution in [0.5, 0.6) is 0 Å². The molecule has 2 amide bonds. The maximum atomic E-state index is 12.3. The summed E-state index contributed by atoms with van der Waals surface area (Å²) in [5, 5.41) is -0.207. The number of imide groups is 1. The van der Waals surface area contributed by atoms with E-state index in [9.17, 15) is 9.59 Å². The maximum absolute atomic E-state index is 12.3. The van der Waals surface area contributed by atoms with Crippen molar-refractivity contribution in [3.05, 3.63) is 70.9 Å². The molecule has 0 bridgehead atoms. The van der Waals surface area contributed by atoms with Crippen molar-refractivity contribution in [2.45, 2.75) is 6.42 Å². The van der Waals surface area contributed by atoms with Gasteiger partial charge in [-0.2, -0.15) is 0 Å². The quantitative estimate of drug-likeness (QED) is 0.813. The molecule has 0 aliphatic carbocycles. The van der Waals surface area contributed by atoms with Gasteiger partial charge >= 0.3 is 0 Å². The molecule has 0 unspecified atom stereocenters. The highest BCUT2D eigenvalue weighted by atomic mass is 32.2. The van der Waals surface area contributed by atoms with Crippen LogP contribution in [0, 0.1) is 0 Å². The predicted octanol–water partition coefficient (Wildman–Crippen LogP) is 3.36. The SMILES string of the molecule is O=C1SC(=Cc2ccncc2)C(=O)N1CCc1ccccc1. The smallest absolute Gasteiger partial charge is 0.268 e. The van der Waals surface area contributed by atoms with E-state index in [1.165, 1.54) is 4.90 Å². The zero-order chi connectivity index (χ0) is 15.4. The molecule has 2 aromatic rings. The first-order valence-electron chi connectivity index (χ1n) is 6.93. The van der Waals surface area contributed by atoms with Crippen LogP contribution in [-0.4, -0.2) is 27.6 Å². The lowest BCUT2D eigenvalue weighted by molar-refractivity contribution is -0.122. The molecular weight excluding hydrogens is 296 g/mol. The third kappa shape index (κ3) is 3.26. The molecule has 0 N–H and O–H groups in total. The van der Waals surface area contributed by atoms with E-state index in [1.807, 2.05) is 30.3 Å². The zero-order valence-corrected chi connectivity index (χ0v) is 12.6. The molecule has 1 aromatic heterocycles. The molecule has 1 aromatic carbocycles. The first-order valence-corrected chi connectivity index (χ1v) is 7.75. The summed E-state index contributed by atoms with van der Waals surface area (Å²) in [5.41, 5.74) is 1.98. The van der Waals surface area contributed by atoms with Crippen molar-refractivity contribution in [3.63, 3.8) is 0 Å². The second-order valence-electron chi connectivity index (χ2n) is 4.85. The number of nitrogens with zero attached hydrogens (tertiary/aromatic N) is 2. The van der Waals surface area contributed by atoms with E-state index in [-0.39, 0.29) is 11.1 Å². The molecule has 5 heteroatoms. The van der Waals surface area contributed by atoms with Gasteiger partial charge in [-0.1, -0.05) is 30.3 Å². The Morgan fingerprint density at radius 1 is 1.05 bits per heavy atom. The van der Waals surface area contributed by atoms with Gasteiger partial charge in [0.1, 0.15) is 0 Å². The van der Waals surface area contributed by atoms with Gasteiger partial charge in [0, 0.05) is 18.9 Å². The number of thioether (sulfide) groups is 1. The lowest BCUT2D eigenvalue weighted by Crippen LogP contribution is -2.30. The molecule has 22 heavy (non-hydrogen) atoms. The number of aromatic nitrogens is 1. The summed E-state index contributed by atoms with van der Waals surface area (Å²) in [4.78, 5) is 30.1. The minimum Gasteiger partial charge on any atom is -0.268 e. The number of rotatable bonds is 4. The van der Waals surface area contributed by atoms with Gasteiger partial charge in [-0.3, -0.25) is 19.5 Å². The minimum absolute atomic E-state index is 0.207. The Morgan fingerprint density at radius 3 is 2.50 bits per heavy atom. The highest BCUT2D eigenvalue weighted by Crippen LogP contribution is 2.32. The number of carbonyl (C=O) groups excluding carboxylic acids is 2. The Kier molecular flexibility index (Phi) is 4.34. The highest BCUT2D eigenvalue weighted by molar-refractivity contribution is 8.18. The third-order valence-corrected chi connectivity index (χ3v) is 4.25. The van der Waals surface area contributed by atoms with Gasteiger partial charge in [0.2, 0.25) is 0 Å². The van der Waals surface area contributed by atoms with Crippen molar-refractivity contribution < 1.29 is 9.59 Å². The average Bonchev–Trinajstić information content (AvgIpc) is 2.81. The van der Waals surface area contributed by atoms with Crippen LogP contribution in [0.3, 0.4) is 0 Å². The van der Waals surface area contributed by atoms with E-state index >= 15 is 0 Å². The van der Waals surface area contributed by atoms with Crippen molar-refractivity contribution >= 4 is 29.0 Å². The summed E-state index contributed by atoms with van der Waals surface area (Å²) < 4.78 is 0. The second-order valence-corrected chi connectivity index (χ2v) is 5.84. The number of benzene rings is 1. The Labute approximate surface area is 132 Å². The number of carbonyl (C=O) groups is 2. The van der Waals surface area contributed by atoms with Gasteiger partial charge in [0.15, 0.2) is 0 Å². The fourth-order valence-electron chi connectivity index (χ4n) is 2.19. The van der Waals surface area contributed by atoms with Crippen LogP contribution in [-0.2, 0) is 11.2 Å². The summed E-state index contributed by atoms with van der Waals surface area (Å²) in [6.07, 6.45) is 5.72. The Hall–Kier alpha value is -2.40. The topological polar surface area (TPSA) is 50.3 Å². The van der Waals surface area contributed by atoms with E-state index in [0.717, 1.165) is 22.9 Å². The van der Waals surface area contributed by atoms with E-state index in [2.05, 4.69) is 4.98 Å². The van der Waals surface area contributed by atoms with Gasteiger partial charge < -0.3 is 0 Å². The number of hydrogen-bond donors (Lipinski definition) is 0. The summed E-state index contributed by atoms with van der Waals surface area (Å²) in [7, 11) is 0. The summed E-state index contributed by atoms with van der Waals surface area (Å²) in [6, 6.07) is 13.4. The maximum Gasteiger partial charge on any atom is 0.293 e.